The Morgan fingerprint density at radius 3 is 2.35 bits per heavy atom. The van der Waals surface area contributed by atoms with Crippen molar-refractivity contribution in [1.82, 2.24) is 10.2 Å². The van der Waals surface area contributed by atoms with Crippen molar-refractivity contribution in [2.45, 2.75) is 95.3 Å². The summed E-state index contributed by atoms with van der Waals surface area (Å²) in [6.07, 6.45) is 11.7. The predicted octanol–water partition coefficient (Wildman–Crippen LogP) is 2.92. The van der Waals surface area contributed by atoms with Gasteiger partial charge in [0.25, 0.3) is 0 Å². The lowest BCUT2D eigenvalue weighted by atomic mass is 9.77. The lowest BCUT2D eigenvalue weighted by Gasteiger charge is -2.47. The first kappa shape index (κ1) is 16.3. The first-order chi connectivity index (χ1) is 9.56. The molecule has 2 saturated carbocycles. The molecule has 2 fully saturated rings. The zero-order chi connectivity index (χ0) is 14.6. The summed E-state index contributed by atoms with van der Waals surface area (Å²) in [5.41, 5.74) is -0.0417. The molecule has 0 bridgehead atoms. The Balaban J connectivity index is 1.97. The van der Waals surface area contributed by atoms with Gasteiger partial charge < -0.3 is 15.3 Å². The number of aliphatic hydroxyl groups is 1. The summed E-state index contributed by atoms with van der Waals surface area (Å²) in [6.45, 7) is 4.65. The maximum absolute atomic E-state index is 9.92. The van der Waals surface area contributed by atoms with E-state index in [2.05, 4.69) is 31.1 Å². The van der Waals surface area contributed by atoms with Crippen LogP contribution >= 0.6 is 0 Å². The number of nitrogens with zero attached hydrogens (tertiary/aromatic N) is 1. The monoisotopic (exact) mass is 282 g/mol. The number of rotatable bonds is 5. The molecule has 0 spiro atoms. The van der Waals surface area contributed by atoms with Crippen molar-refractivity contribution in [3.63, 3.8) is 0 Å². The van der Waals surface area contributed by atoms with Gasteiger partial charge in [0.15, 0.2) is 0 Å². The van der Waals surface area contributed by atoms with Crippen LogP contribution in [-0.2, 0) is 0 Å². The molecule has 2 atom stereocenters. The second kappa shape index (κ2) is 7.24. The highest BCUT2D eigenvalue weighted by Crippen LogP contribution is 2.34. The van der Waals surface area contributed by atoms with Gasteiger partial charge in [0, 0.05) is 23.7 Å². The Morgan fingerprint density at radius 2 is 1.75 bits per heavy atom. The van der Waals surface area contributed by atoms with Gasteiger partial charge >= 0.3 is 0 Å². The van der Waals surface area contributed by atoms with E-state index in [4.69, 9.17) is 0 Å². The molecule has 0 amide bonds. The molecule has 3 heteroatoms. The van der Waals surface area contributed by atoms with Crippen molar-refractivity contribution in [2.75, 3.05) is 13.7 Å². The highest BCUT2D eigenvalue weighted by molar-refractivity contribution is 4.97. The van der Waals surface area contributed by atoms with E-state index >= 15 is 0 Å². The number of hydrogen-bond acceptors (Lipinski definition) is 3. The van der Waals surface area contributed by atoms with Gasteiger partial charge in [-0.25, -0.2) is 0 Å². The molecule has 0 aromatic carbocycles. The largest absolute Gasteiger partial charge is 0.394 e. The van der Waals surface area contributed by atoms with Gasteiger partial charge in [-0.05, 0) is 45.6 Å². The van der Waals surface area contributed by atoms with Gasteiger partial charge in [0.2, 0.25) is 0 Å². The van der Waals surface area contributed by atoms with Crippen LogP contribution in [-0.4, -0.2) is 47.3 Å². The first-order valence-corrected chi connectivity index (χ1v) is 8.67. The van der Waals surface area contributed by atoms with E-state index in [1.807, 2.05) is 0 Å². The van der Waals surface area contributed by atoms with Crippen LogP contribution in [0.25, 0.3) is 0 Å². The molecular formula is C17H34N2O. The molecular weight excluding hydrogens is 248 g/mol. The summed E-state index contributed by atoms with van der Waals surface area (Å²) in [7, 11) is 2.32. The lowest BCUT2D eigenvalue weighted by molar-refractivity contribution is 0.0399. The third-order valence-corrected chi connectivity index (χ3v) is 5.44. The average Bonchev–Trinajstić information content (AvgIpc) is 2.47. The minimum absolute atomic E-state index is 0.0417. The van der Waals surface area contributed by atoms with Crippen molar-refractivity contribution in [2.24, 2.45) is 0 Å². The second-order valence-electron chi connectivity index (χ2n) is 7.44. The summed E-state index contributed by atoms with van der Waals surface area (Å²) in [4.78, 5) is 2.64. The Bertz CT molecular complexity index is 289. The molecule has 0 saturated heterocycles. The van der Waals surface area contributed by atoms with Gasteiger partial charge in [-0.3, -0.25) is 0 Å². The van der Waals surface area contributed by atoms with Crippen LogP contribution in [0.2, 0.25) is 0 Å². The molecule has 2 rings (SSSR count). The zero-order valence-corrected chi connectivity index (χ0v) is 13.7. The Hall–Kier alpha value is -0.120. The van der Waals surface area contributed by atoms with E-state index in [0.29, 0.717) is 12.1 Å². The maximum Gasteiger partial charge on any atom is 0.0613 e. The van der Waals surface area contributed by atoms with E-state index in [0.717, 1.165) is 18.9 Å². The third kappa shape index (κ3) is 3.96. The third-order valence-electron chi connectivity index (χ3n) is 5.44. The molecule has 0 aliphatic heterocycles. The molecule has 3 nitrogen and oxygen atoms in total. The molecule has 0 radical (unpaired) electrons. The lowest BCUT2D eigenvalue weighted by Crippen LogP contribution is -2.58. The van der Waals surface area contributed by atoms with E-state index in [1.54, 1.807) is 0 Å². The highest BCUT2D eigenvalue weighted by atomic mass is 16.3. The number of hydrogen-bond donors (Lipinski definition) is 2. The van der Waals surface area contributed by atoms with E-state index in [9.17, 15) is 5.11 Å². The van der Waals surface area contributed by atoms with Gasteiger partial charge in [-0.2, -0.15) is 0 Å². The Labute approximate surface area is 125 Å². The topological polar surface area (TPSA) is 35.5 Å². The smallest absolute Gasteiger partial charge is 0.0613 e. The number of aliphatic hydroxyl groups excluding tert-OH is 1. The van der Waals surface area contributed by atoms with E-state index < -0.39 is 0 Å². The van der Waals surface area contributed by atoms with Crippen LogP contribution in [0, 0.1) is 0 Å². The van der Waals surface area contributed by atoms with Crippen LogP contribution in [0.4, 0.5) is 0 Å². The standard InChI is InChI=1S/C17H34N2O/c1-14(2)18-17(13-20)11-7-10-16(12-17)19(3)15-8-5-4-6-9-15/h14-16,18,20H,4-13H2,1-3H3. The van der Waals surface area contributed by atoms with Crippen LogP contribution in [0.1, 0.15) is 71.6 Å². The van der Waals surface area contributed by atoms with E-state index in [1.165, 1.54) is 44.9 Å². The van der Waals surface area contributed by atoms with Crippen LogP contribution in [0.5, 0.6) is 0 Å². The minimum atomic E-state index is -0.0417. The molecule has 2 aliphatic rings. The van der Waals surface area contributed by atoms with Crippen LogP contribution in [0.3, 0.4) is 0 Å². The highest BCUT2D eigenvalue weighted by Gasteiger charge is 2.38. The molecule has 2 aliphatic carbocycles. The van der Waals surface area contributed by atoms with Crippen LogP contribution in [0.15, 0.2) is 0 Å². The van der Waals surface area contributed by atoms with Gasteiger partial charge in [0.05, 0.1) is 6.61 Å². The first-order valence-electron chi connectivity index (χ1n) is 8.67. The van der Waals surface area contributed by atoms with Crippen molar-refractivity contribution in [3.05, 3.63) is 0 Å². The zero-order valence-electron chi connectivity index (χ0n) is 13.7. The number of nitrogens with one attached hydrogen (secondary N) is 1. The summed E-state index contributed by atoms with van der Waals surface area (Å²) >= 11 is 0. The predicted molar refractivity (Wildman–Crippen MR) is 85.0 cm³/mol. The SMILES string of the molecule is CC(C)NC1(CO)CCCC(N(C)C2CCCCC2)C1. The normalized spacial score (nSPS) is 33.0. The Morgan fingerprint density at radius 1 is 1.10 bits per heavy atom. The van der Waals surface area contributed by atoms with Gasteiger partial charge in [-0.15, -0.1) is 0 Å². The molecule has 0 aromatic heterocycles. The molecule has 2 N–H and O–H groups in total. The molecule has 0 heterocycles. The van der Waals surface area contributed by atoms with Crippen molar-refractivity contribution in [3.8, 4) is 0 Å². The minimum Gasteiger partial charge on any atom is -0.394 e. The van der Waals surface area contributed by atoms with E-state index in [-0.39, 0.29) is 12.1 Å². The quantitative estimate of drug-likeness (QED) is 0.814. The summed E-state index contributed by atoms with van der Waals surface area (Å²) < 4.78 is 0. The van der Waals surface area contributed by atoms with Crippen LogP contribution < -0.4 is 5.32 Å². The molecule has 20 heavy (non-hydrogen) atoms. The fourth-order valence-electron chi connectivity index (χ4n) is 4.40. The van der Waals surface area contributed by atoms with Crippen molar-refractivity contribution < 1.29 is 5.11 Å². The summed E-state index contributed by atoms with van der Waals surface area (Å²) in [6, 6.07) is 1.87. The summed E-state index contributed by atoms with van der Waals surface area (Å²) in [5.74, 6) is 0. The fraction of sp³-hybridized carbons (Fsp3) is 1.00. The molecule has 118 valence electrons. The van der Waals surface area contributed by atoms with Crippen molar-refractivity contribution >= 4 is 0 Å². The van der Waals surface area contributed by atoms with Crippen molar-refractivity contribution in [1.29, 1.82) is 0 Å². The molecule has 0 aromatic rings. The van der Waals surface area contributed by atoms with Gasteiger partial charge in [-0.1, -0.05) is 33.1 Å². The Kier molecular flexibility index (Phi) is 5.88. The summed E-state index contributed by atoms with van der Waals surface area (Å²) in [5, 5.41) is 13.6. The molecule has 2 unspecified atom stereocenters. The van der Waals surface area contributed by atoms with Gasteiger partial charge in [0.1, 0.15) is 0 Å². The maximum atomic E-state index is 9.92. The fourth-order valence-corrected chi connectivity index (χ4v) is 4.40. The average molecular weight is 282 g/mol. The second-order valence-corrected chi connectivity index (χ2v) is 7.44.